The molecule has 0 saturated heterocycles. The molecule has 1 heterocycles. The number of benzene rings is 2. The minimum atomic E-state index is -0.495. The molecule has 0 fully saturated rings. The second-order valence-corrected chi connectivity index (χ2v) is 7.49. The van der Waals surface area contributed by atoms with Gasteiger partial charge in [-0.15, -0.1) is 5.10 Å². The Kier molecular flexibility index (Phi) is 7.21. The van der Waals surface area contributed by atoms with E-state index < -0.39 is 5.91 Å². The molecular formula is C21H23N5O5S. The number of hydrogen-bond donors (Lipinski definition) is 2. The number of aromatic nitrogens is 3. The number of ether oxygens (including phenoxy) is 3. The van der Waals surface area contributed by atoms with Crippen LogP contribution in [0.1, 0.15) is 22.8 Å². The Hall–Kier alpha value is -3.73. The minimum absolute atomic E-state index is 0.152. The molecular weight excluding hydrogens is 434 g/mol. The Bertz CT molecular complexity index is 1120. The van der Waals surface area contributed by atoms with Crippen molar-refractivity contribution < 1.29 is 23.8 Å². The molecule has 3 aromatic rings. The number of anilines is 1. The molecule has 0 aliphatic carbocycles. The molecule has 0 atom stereocenters. The third kappa shape index (κ3) is 5.11. The molecule has 2 amide bonds. The standard InChI is InChI=1S/C21H23N5O5S/c1-12(27)23-20-24-21(32-11-13-6-5-7-14(8-13)19(22)28)26(25-20)15-9-16(29-2)18(31-4)17(10-15)30-3/h5-10H,11H2,1-4H3,(H2,22,28)(H,23,25,27). The van der Waals surface area contributed by atoms with Crippen molar-refractivity contribution in [1.82, 2.24) is 14.8 Å². The van der Waals surface area contributed by atoms with E-state index in [9.17, 15) is 9.59 Å². The number of primary amides is 1. The van der Waals surface area contributed by atoms with Crippen molar-refractivity contribution >= 4 is 29.5 Å². The summed E-state index contributed by atoms with van der Waals surface area (Å²) in [4.78, 5) is 27.4. The lowest BCUT2D eigenvalue weighted by atomic mass is 10.1. The van der Waals surface area contributed by atoms with Gasteiger partial charge in [-0.2, -0.15) is 4.98 Å². The summed E-state index contributed by atoms with van der Waals surface area (Å²) in [6.07, 6.45) is 0. The van der Waals surface area contributed by atoms with Gasteiger partial charge in [-0.1, -0.05) is 23.9 Å². The zero-order valence-electron chi connectivity index (χ0n) is 18.0. The minimum Gasteiger partial charge on any atom is -0.493 e. The largest absolute Gasteiger partial charge is 0.493 e. The lowest BCUT2D eigenvalue weighted by Gasteiger charge is -2.14. The lowest BCUT2D eigenvalue weighted by Crippen LogP contribution is -2.10. The van der Waals surface area contributed by atoms with Gasteiger partial charge >= 0.3 is 0 Å². The van der Waals surface area contributed by atoms with Gasteiger partial charge < -0.3 is 19.9 Å². The molecule has 3 rings (SSSR count). The molecule has 2 aromatic carbocycles. The summed E-state index contributed by atoms with van der Waals surface area (Å²) >= 11 is 1.37. The number of nitrogens with zero attached hydrogens (tertiary/aromatic N) is 3. The summed E-state index contributed by atoms with van der Waals surface area (Å²) in [7, 11) is 4.56. The summed E-state index contributed by atoms with van der Waals surface area (Å²) < 4.78 is 17.8. The summed E-state index contributed by atoms with van der Waals surface area (Å²) in [5.74, 6) is 1.19. The van der Waals surface area contributed by atoms with E-state index in [0.29, 0.717) is 39.4 Å². The van der Waals surface area contributed by atoms with Crippen LogP contribution in [0.15, 0.2) is 41.6 Å². The van der Waals surface area contributed by atoms with E-state index in [4.69, 9.17) is 19.9 Å². The highest BCUT2D eigenvalue weighted by atomic mass is 32.2. The van der Waals surface area contributed by atoms with Gasteiger partial charge in [-0.05, 0) is 17.7 Å². The number of nitrogens with one attached hydrogen (secondary N) is 1. The Morgan fingerprint density at radius 3 is 2.34 bits per heavy atom. The van der Waals surface area contributed by atoms with Crippen LogP contribution in [0, 0.1) is 0 Å². The van der Waals surface area contributed by atoms with E-state index in [0.717, 1.165) is 5.56 Å². The Morgan fingerprint density at radius 2 is 1.78 bits per heavy atom. The topological polar surface area (TPSA) is 131 Å². The van der Waals surface area contributed by atoms with Crippen molar-refractivity contribution in [3.05, 3.63) is 47.5 Å². The first-order valence-electron chi connectivity index (χ1n) is 9.42. The zero-order chi connectivity index (χ0) is 23.3. The average Bonchev–Trinajstić information content (AvgIpc) is 3.18. The van der Waals surface area contributed by atoms with Gasteiger partial charge in [-0.3, -0.25) is 14.9 Å². The SMILES string of the molecule is COc1cc(-n2nc(NC(C)=O)nc2SCc2cccc(C(N)=O)c2)cc(OC)c1OC. The maximum Gasteiger partial charge on any atom is 0.250 e. The van der Waals surface area contributed by atoms with Crippen molar-refractivity contribution in [3.63, 3.8) is 0 Å². The van der Waals surface area contributed by atoms with Crippen molar-refractivity contribution in [1.29, 1.82) is 0 Å². The number of rotatable bonds is 9. The summed E-state index contributed by atoms with van der Waals surface area (Å²) in [6.45, 7) is 1.38. The molecule has 0 unspecified atom stereocenters. The van der Waals surface area contributed by atoms with Crippen LogP contribution in [0.3, 0.4) is 0 Å². The number of methoxy groups -OCH3 is 3. The van der Waals surface area contributed by atoms with Gasteiger partial charge in [0.1, 0.15) is 0 Å². The summed E-state index contributed by atoms with van der Waals surface area (Å²) in [5, 5.41) is 7.51. The van der Waals surface area contributed by atoms with Crippen LogP contribution in [-0.4, -0.2) is 47.9 Å². The van der Waals surface area contributed by atoms with E-state index in [2.05, 4.69) is 15.4 Å². The van der Waals surface area contributed by atoms with Crippen LogP contribution in [0.2, 0.25) is 0 Å². The van der Waals surface area contributed by atoms with Gasteiger partial charge in [0.05, 0.1) is 27.0 Å². The maximum absolute atomic E-state index is 11.5. The van der Waals surface area contributed by atoms with Crippen molar-refractivity contribution in [2.45, 2.75) is 17.8 Å². The van der Waals surface area contributed by atoms with E-state index in [-0.39, 0.29) is 11.9 Å². The molecule has 0 spiro atoms. The first kappa shape index (κ1) is 22.9. The Labute approximate surface area is 189 Å². The Balaban J connectivity index is 2.01. The number of amides is 2. The highest BCUT2D eigenvalue weighted by Gasteiger charge is 2.19. The van der Waals surface area contributed by atoms with E-state index in [1.54, 1.807) is 35.0 Å². The van der Waals surface area contributed by atoms with Crippen LogP contribution in [0.5, 0.6) is 17.2 Å². The van der Waals surface area contributed by atoms with E-state index >= 15 is 0 Å². The first-order chi connectivity index (χ1) is 15.4. The van der Waals surface area contributed by atoms with Crippen LogP contribution in [0.25, 0.3) is 5.69 Å². The monoisotopic (exact) mass is 457 g/mol. The normalized spacial score (nSPS) is 10.5. The van der Waals surface area contributed by atoms with Crippen molar-refractivity contribution in [2.75, 3.05) is 26.6 Å². The molecule has 32 heavy (non-hydrogen) atoms. The van der Waals surface area contributed by atoms with Crippen LogP contribution >= 0.6 is 11.8 Å². The molecule has 0 aliphatic heterocycles. The average molecular weight is 458 g/mol. The summed E-state index contributed by atoms with van der Waals surface area (Å²) in [6, 6.07) is 10.5. The van der Waals surface area contributed by atoms with Crippen LogP contribution in [-0.2, 0) is 10.5 Å². The predicted molar refractivity (Wildman–Crippen MR) is 120 cm³/mol. The van der Waals surface area contributed by atoms with Gasteiger partial charge in [0.15, 0.2) is 16.7 Å². The fourth-order valence-corrected chi connectivity index (χ4v) is 3.82. The quantitative estimate of drug-likeness (QED) is 0.469. The molecule has 168 valence electrons. The van der Waals surface area contributed by atoms with Gasteiger partial charge in [-0.25, -0.2) is 4.68 Å². The molecule has 10 nitrogen and oxygen atoms in total. The molecule has 0 bridgehead atoms. The van der Waals surface area contributed by atoms with E-state index in [1.807, 2.05) is 6.07 Å². The zero-order valence-corrected chi connectivity index (χ0v) is 18.9. The van der Waals surface area contributed by atoms with Gasteiger partial charge in [0.2, 0.25) is 23.5 Å². The van der Waals surface area contributed by atoms with Crippen LogP contribution < -0.4 is 25.3 Å². The second kappa shape index (κ2) is 10.1. The number of carbonyl (C=O) groups excluding carboxylic acids is 2. The first-order valence-corrected chi connectivity index (χ1v) is 10.4. The fraction of sp³-hybridized carbons (Fsp3) is 0.238. The lowest BCUT2D eigenvalue weighted by molar-refractivity contribution is -0.114. The maximum atomic E-state index is 11.5. The van der Waals surface area contributed by atoms with Gasteiger partial charge in [0.25, 0.3) is 0 Å². The highest BCUT2D eigenvalue weighted by molar-refractivity contribution is 7.98. The highest BCUT2D eigenvalue weighted by Crippen LogP contribution is 2.40. The molecule has 0 radical (unpaired) electrons. The number of carbonyl (C=O) groups is 2. The smallest absolute Gasteiger partial charge is 0.250 e. The number of hydrogen-bond acceptors (Lipinski definition) is 8. The van der Waals surface area contributed by atoms with Gasteiger partial charge in [0, 0.05) is 30.4 Å². The molecule has 3 N–H and O–H groups in total. The Morgan fingerprint density at radius 1 is 1.09 bits per heavy atom. The molecule has 1 aromatic heterocycles. The van der Waals surface area contributed by atoms with Crippen molar-refractivity contribution in [2.24, 2.45) is 5.73 Å². The number of thioether (sulfide) groups is 1. The molecule has 11 heteroatoms. The van der Waals surface area contributed by atoms with Crippen molar-refractivity contribution in [3.8, 4) is 22.9 Å². The van der Waals surface area contributed by atoms with Crippen LogP contribution in [0.4, 0.5) is 5.95 Å². The third-order valence-electron chi connectivity index (χ3n) is 4.34. The summed E-state index contributed by atoms with van der Waals surface area (Å²) in [5.41, 5.74) is 7.27. The fourth-order valence-electron chi connectivity index (χ4n) is 2.92. The second-order valence-electron chi connectivity index (χ2n) is 6.55. The molecule has 0 aliphatic rings. The number of nitrogens with two attached hydrogens (primary N) is 1. The third-order valence-corrected chi connectivity index (χ3v) is 5.34. The molecule has 0 saturated carbocycles. The van der Waals surface area contributed by atoms with E-state index in [1.165, 1.54) is 40.0 Å². The predicted octanol–water partition coefficient (Wildman–Crippen LogP) is 2.64.